The zero-order chi connectivity index (χ0) is 32.2. The first-order chi connectivity index (χ1) is 15.6. The smallest absolute Gasteiger partial charge is 0.672 e. The van der Waals surface area contributed by atoms with Crippen molar-refractivity contribution in [2.45, 2.75) is 0 Å². The number of hydrogen-bond acceptors (Lipinski definition) is 27. The van der Waals surface area contributed by atoms with Gasteiger partial charge in [-0.3, -0.25) is 0 Å². The Morgan fingerprint density at radius 1 is 0.227 bits per heavy atom. The molecule has 0 bridgehead atoms. The van der Waals surface area contributed by atoms with Gasteiger partial charge in [0, 0.05) is 82.5 Å². The van der Waals surface area contributed by atoms with Crippen LogP contribution in [0.3, 0.4) is 0 Å². The Balaban J connectivity index is -0.0000000121. The summed E-state index contributed by atoms with van der Waals surface area (Å²) in [6.45, 7) is 0. The minimum atomic E-state index is -3.63. The van der Waals surface area contributed by atoms with Gasteiger partial charge in [0.15, 0.2) is 0 Å². The molecule has 0 aliphatic rings. The Morgan fingerprint density at radius 3 is 0.227 bits per heavy atom. The molecule has 0 saturated carbocycles. The van der Waals surface area contributed by atoms with E-state index in [0.29, 0.717) is 0 Å². The van der Waals surface area contributed by atoms with Crippen LogP contribution in [0.4, 0.5) is 0 Å². The topological polar surface area (TPSA) is 569 Å². The van der Waals surface area contributed by atoms with Gasteiger partial charge < -0.3 is 126 Å². The fourth-order valence-corrected chi connectivity index (χ4v) is 0. The molecule has 0 rings (SSSR count). The molecule has 0 amide bonds. The third-order valence-electron chi connectivity index (χ3n) is 0. The average molecular weight is 1040 g/mol. The molecule has 0 N–H and O–H groups in total. The second kappa shape index (κ2) is 104. The molecule has 44 heteroatoms. The number of hydrogen-bond donors (Lipinski definition) is 0. The Kier molecular flexibility index (Phi) is 260. The van der Waals surface area contributed by atoms with Crippen molar-refractivity contribution in [3.63, 3.8) is 0 Å². The molecule has 0 heterocycles. The van der Waals surface area contributed by atoms with Gasteiger partial charge in [-0.1, -0.05) is 0 Å². The molecular weight excluding hydrogens is 1040 g/mol. The van der Waals surface area contributed by atoms with E-state index in [4.69, 9.17) is 126 Å². The molecule has 0 aliphatic heterocycles. The molecule has 0 aromatic rings. The van der Waals surface area contributed by atoms with E-state index in [1.807, 2.05) is 0 Å². The zero-order valence-electron chi connectivity index (χ0n) is 19.8. The first-order valence-electron chi connectivity index (χ1n) is 5.51. The van der Waals surface area contributed by atoms with Gasteiger partial charge in [0.1, 0.15) is 0 Å². The van der Waals surface area contributed by atoms with Gasteiger partial charge in [0.2, 0.25) is 0 Å². The fourth-order valence-electron chi connectivity index (χ4n) is 0. The summed E-state index contributed by atoms with van der Waals surface area (Å²) < 4.78 is 76.7. The van der Waals surface area contributed by atoms with Crippen LogP contribution in [0.1, 0.15) is 0 Å². The summed E-state index contributed by atoms with van der Waals surface area (Å²) in [4.78, 5) is 153. The molecule has 4 radical (unpaired) electrons. The molecule has 0 unspecified atom stereocenters. The maximum absolute atomic E-state index is 8.52. The van der Waals surface area contributed by atoms with Gasteiger partial charge in [-0.15, -0.1) is 0 Å². The molecule has 0 atom stereocenters. The molecule has 0 fully saturated rings. The minimum absolute atomic E-state index is 0. The Hall–Kier alpha value is 2.68. The second-order valence-corrected chi connectivity index (χ2v) is 6.75. The van der Waals surface area contributed by atoms with E-state index < -0.39 is 82.5 Å². The van der Waals surface area contributed by atoms with Crippen molar-refractivity contribution < 1.29 is 195 Å². The molecule has 44 heavy (non-hydrogen) atoms. The third-order valence-corrected chi connectivity index (χ3v) is 0. The molecule has 0 aromatic heterocycles. The van der Waals surface area contributed by atoms with E-state index in [1.54, 1.807) is 0 Å². The van der Waals surface area contributed by atoms with Crippen LogP contribution in [-0.2, 0) is 108 Å². The van der Waals surface area contributed by atoms with Crippen molar-refractivity contribution >= 4 is 204 Å². The monoisotopic (exact) mass is 1030 g/mol. The van der Waals surface area contributed by atoms with E-state index in [-0.39, 0.29) is 190 Å². The minimum Gasteiger partial charge on any atom is -0.672 e. The third kappa shape index (κ3) is 11900. The molecule has 0 spiro atoms. The van der Waals surface area contributed by atoms with Gasteiger partial charge >= 0.3 is 190 Å². The predicted molar refractivity (Wildman–Crippen MR) is 81.0 cm³/mol. The maximum atomic E-state index is 8.52. The SMILES string of the molecule is O=[Si]([O-])[O-].O=[Si]([O-])[O-].O=[Si]([O-])[O-].O=[Si]([O-])[O-].O=[Si]([O-])[O-].O=[Si]([O-])[O-].O=[Si]([O-])[O-].O=[Si]([O-])[O-].O=[Si]([O-])[O-].[Ca+2].[Ca+2].[Fe+3].[Fe+3].[Mg+2].[Mg+2].[Mn+2].[Mn+2]. The number of rotatable bonds is 0. The molecule has 27 nitrogen and oxygen atoms in total. The predicted octanol–water partition coefficient (Wildman–Crippen LogP) is -27.4. The van der Waals surface area contributed by atoms with E-state index in [0.717, 1.165) is 0 Å². The first-order valence-corrected chi connectivity index (χ1v) is 16.5. The molecular formula is Ca2Fe2Mg2Mn2O27Si9. The molecule has 236 valence electrons. The van der Waals surface area contributed by atoms with Crippen molar-refractivity contribution in [2.24, 2.45) is 0 Å². The maximum Gasteiger partial charge on any atom is 3.00 e. The summed E-state index contributed by atoms with van der Waals surface area (Å²) in [6, 6.07) is 0. The van der Waals surface area contributed by atoms with E-state index in [2.05, 4.69) is 0 Å². The summed E-state index contributed by atoms with van der Waals surface area (Å²) in [5.74, 6) is 0. The quantitative estimate of drug-likeness (QED) is 0.203. The molecule has 0 saturated heterocycles. The van der Waals surface area contributed by atoms with Crippen LogP contribution in [0.5, 0.6) is 0 Å². The summed E-state index contributed by atoms with van der Waals surface area (Å²) in [5, 5.41) is 0. The first kappa shape index (κ1) is 111. The summed E-state index contributed by atoms with van der Waals surface area (Å²) in [7, 11) is -32.7. The molecule has 0 aromatic carbocycles. The Morgan fingerprint density at radius 2 is 0.227 bits per heavy atom. The van der Waals surface area contributed by atoms with Gasteiger partial charge in [0.05, 0.1) is 0 Å². The van der Waals surface area contributed by atoms with Gasteiger partial charge in [-0.05, 0) is 0 Å². The largest absolute Gasteiger partial charge is 3.00 e. The second-order valence-electron chi connectivity index (χ2n) is 2.25. The fraction of sp³-hybridized carbons (Fsp3) is 0. The Labute approximate surface area is 392 Å². The van der Waals surface area contributed by atoms with E-state index in [1.165, 1.54) is 0 Å². The van der Waals surface area contributed by atoms with Crippen LogP contribution in [0.2, 0.25) is 0 Å². The van der Waals surface area contributed by atoms with Crippen LogP contribution in [-0.4, -0.2) is 204 Å². The van der Waals surface area contributed by atoms with Gasteiger partial charge in [-0.25, -0.2) is 0 Å². The van der Waals surface area contributed by atoms with Crippen molar-refractivity contribution in [2.75, 3.05) is 0 Å². The summed E-state index contributed by atoms with van der Waals surface area (Å²) in [5.41, 5.74) is 0. The summed E-state index contributed by atoms with van der Waals surface area (Å²) >= 11 is 0. The van der Waals surface area contributed by atoms with Crippen LogP contribution in [0.25, 0.3) is 0 Å². The van der Waals surface area contributed by atoms with Crippen LogP contribution >= 0.6 is 0 Å². The average Bonchev–Trinajstić information content (AvgIpc) is 2.39. The summed E-state index contributed by atoms with van der Waals surface area (Å²) in [6.07, 6.45) is 0. The van der Waals surface area contributed by atoms with Crippen molar-refractivity contribution in [3.8, 4) is 0 Å². The standard InChI is InChI=1S/2Ca.2Fe.2Mg.2Mn.9O3Si/c;;;;;;;;9*1-4(2)3/q2*+2;2*+3;4*+2;9*-2. The van der Waals surface area contributed by atoms with Crippen molar-refractivity contribution in [1.29, 1.82) is 0 Å². The van der Waals surface area contributed by atoms with Crippen LogP contribution in [0, 0.1) is 0 Å². The van der Waals surface area contributed by atoms with E-state index in [9.17, 15) is 0 Å². The Bertz CT molecular complexity index is 454. The van der Waals surface area contributed by atoms with Gasteiger partial charge in [-0.2, -0.15) is 0 Å². The van der Waals surface area contributed by atoms with Crippen molar-refractivity contribution in [3.05, 3.63) is 0 Å². The van der Waals surface area contributed by atoms with Crippen molar-refractivity contribution in [1.82, 2.24) is 0 Å². The van der Waals surface area contributed by atoms with Crippen LogP contribution < -0.4 is 86.3 Å². The van der Waals surface area contributed by atoms with E-state index >= 15 is 0 Å². The zero-order valence-corrected chi connectivity index (χ0v) is 40.6. The molecule has 0 aliphatic carbocycles. The van der Waals surface area contributed by atoms with Gasteiger partial charge in [0.25, 0.3) is 0 Å². The van der Waals surface area contributed by atoms with Crippen LogP contribution in [0.15, 0.2) is 0 Å². The normalized spacial score (nSPS) is 4.91.